The highest BCUT2D eigenvalue weighted by Gasteiger charge is 2.26. The van der Waals surface area contributed by atoms with E-state index in [2.05, 4.69) is 52.9 Å². The van der Waals surface area contributed by atoms with Crippen molar-refractivity contribution >= 4 is 69.4 Å². The molecule has 0 fully saturated rings. The second kappa shape index (κ2) is 17.9. The Bertz CT molecular complexity index is 1670. The number of hydrogen-bond donors (Lipinski definition) is 1. The summed E-state index contributed by atoms with van der Waals surface area (Å²) in [5.74, 6) is -0.423. The van der Waals surface area contributed by atoms with Crippen LogP contribution < -0.4 is 10.6 Å². The zero-order valence-electron chi connectivity index (χ0n) is 26.0. The van der Waals surface area contributed by atoms with Crippen LogP contribution >= 0.6 is 48.0 Å². The van der Waals surface area contributed by atoms with Gasteiger partial charge in [-0.05, 0) is 91.2 Å². The van der Waals surface area contributed by atoms with Gasteiger partial charge in [0, 0.05) is 42.6 Å². The van der Waals surface area contributed by atoms with Gasteiger partial charge < -0.3 is 10.6 Å². The average molecular weight is 727 g/mol. The zero-order valence-corrected chi connectivity index (χ0v) is 30.0. The van der Waals surface area contributed by atoms with E-state index >= 15 is 0 Å². The highest BCUT2D eigenvalue weighted by Crippen LogP contribution is 2.35. The molecule has 0 aliphatic heterocycles. The van der Waals surface area contributed by atoms with Gasteiger partial charge in [0.2, 0.25) is 15.7 Å². The minimum Gasteiger partial charge on any atom is -0.370 e. The maximum absolute atomic E-state index is 13.5. The van der Waals surface area contributed by atoms with Crippen LogP contribution in [0.15, 0.2) is 95.0 Å². The van der Waals surface area contributed by atoms with E-state index in [-0.39, 0.29) is 52.1 Å². The van der Waals surface area contributed by atoms with E-state index in [1.165, 1.54) is 17.7 Å². The third kappa shape index (κ3) is 9.59. The number of amides is 1. The molecule has 1 heterocycles. The number of primary amides is 1. The first kappa shape index (κ1) is 39.3. The molecule has 12 heteroatoms. The fraction of sp³-hybridized carbons (Fsp3) is 0.294. The molecule has 2 N–H and O–H groups in total. The van der Waals surface area contributed by atoms with Crippen LogP contribution in [0.25, 0.3) is 0 Å². The third-order valence-electron chi connectivity index (χ3n) is 7.85. The van der Waals surface area contributed by atoms with Crippen LogP contribution in [0.3, 0.4) is 0 Å². The summed E-state index contributed by atoms with van der Waals surface area (Å²) in [7, 11) is -3.91. The van der Waals surface area contributed by atoms with E-state index in [9.17, 15) is 13.2 Å². The van der Waals surface area contributed by atoms with Crippen LogP contribution in [0, 0.1) is 6.92 Å². The zero-order chi connectivity index (χ0) is 31.9. The number of halogens is 4. The molecule has 3 aromatic carbocycles. The fourth-order valence-electron chi connectivity index (χ4n) is 5.17. The maximum Gasteiger partial charge on any atom is 0.219 e. The summed E-state index contributed by atoms with van der Waals surface area (Å²) in [6.07, 6.45) is 4.30. The lowest BCUT2D eigenvalue weighted by atomic mass is 9.96. The maximum atomic E-state index is 13.5. The fourth-order valence-corrected chi connectivity index (χ4v) is 7.23. The van der Waals surface area contributed by atoms with Crippen molar-refractivity contribution < 1.29 is 13.2 Å². The molecule has 7 nitrogen and oxygen atoms in total. The van der Waals surface area contributed by atoms with Crippen molar-refractivity contribution in [1.29, 1.82) is 0 Å². The quantitative estimate of drug-likeness (QED) is 0.142. The standard InChI is InChI=1S/C34H38Cl2N4O3S.2ClH/c1-4-39(5-2)23-26-10-8-25(9-11-26)21-31(27-7-6-19-38-22-27)40(20-18-33(37)41)28-12-14-29(15-13-28)44(42,43)32-17-16-30(35)24(3)34(32)36;;/h6-17,19,22,31H,4-5,18,20-21,23H2,1-3H3,(H2,37,41);2*1H. The molecule has 0 aliphatic carbocycles. The van der Waals surface area contributed by atoms with E-state index in [1.54, 1.807) is 37.4 Å². The number of hydrogen-bond acceptors (Lipinski definition) is 6. The molecule has 1 amide bonds. The van der Waals surface area contributed by atoms with E-state index in [1.807, 2.05) is 18.3 Å². The lowest BCUT2D eigenvalue weighted by Gasteiger charge is -2.34. The van der Waals surface area contributed by atoms with Crippen LogP contribution in [-0.4, -0.2) is 43.8 Å². The molecular weight excluding hydrogens is 686 g/mol. The normalized spacial score (nSPS) is 11.8. The van der Waals surface area contributed by atoms with Gasteiger partial charge in [-0.2, -0.15) is 0 Å². The molecule has 0 bridgehead atoms. The minimum absolute atomic E-state index is 0. The van der Waals surface area contributed by atoms with Crippen molar-refractivity contribution in [2.45, 2.75) is 56.0 Å². The molecule has 0 radical (unpaired) electrons. The van der Waals surface area contributed by atoms with Gasteiger partial charge in [0.1, 0.15) is 0 Å². The summed E-state index contributed by atoms with van der Waals surface area (Å²) in [4.78, 5) is 20.8. The molecule has 0 saturated carbocycles. The number of nitrogens with two attached hydrogens (primary N) is 1. The number of benzene rings is 3. The second-order valence-corrected chi connectivity index (χ2v) is 13.4. The second-order valence-electron chi connectivity index (χ2n) is 10.7. The highest BCUT2D eigenvalue weighted by molar-refractivity contribution is 7.91. The van der Waals surface area contributed by atoms with Gasteiger partial charge >= 0.3 is 0 Å². The number of carbonyl (C=O) groups excluding carboxylic acids is 1. The van der Waals surface area contributed by atoms with Crippen LogP contribution in [0.5, 0.6) is 0 Å². The number of sulfone groups is 1. The molecule has 46 heavy (non-hydrogen) atoms. The molecule has 1 unspecified atom stereocenters. The Balaban J connectivity index is 0.00000368. The van der Waals surface area contributed by atoms with Crippen LogP contribution in [0.4, 0.5) is 5.69 Å². The van der Waals surface area contributed by atoms with Crippen LogP contribution in [-0.2, 0) is 27.6 Å². The first-order chi connectivity index (χ1) is 21.0. The van der Waals surface area contributed by atoms with Crippen molar-refractivity contribution in [3.8, 4) is 0 Å². The van der Waals surface area contributed by atoms with Gasteiger partial charge in [0.15, 0.2) is 0 Å². The van der Waals surface area contributed by atoms with Gasteiger partial charge in [-0.15, -0.1) is 24.8 Å². The van der Waals surface area contributed by atoms with Gasteiger partial charge in [-0.1, -0.05) is 67.4 Å². The molecule has 0 saturated heterocycles. The predicted octanol–water partition coefficient (Wildman–Crippen LogP) is 7.88. The predicted molar refractivity (Wildman–Crippen MR) is 192 cm³/mol. The minimum atomic E-state index is -3.91. The number of anilines is 1. The van der Waals surface area contributed by atoms with Gasteiger partial charge in [0.05, 0.1) is 20.9 Å². The third-order valence-corrected chi connectivity index (χ3v) is 10.7. The van der Waals surface area contributed by atoms with Gasteiger partial charge in [-0.25, -0.2) is 8.42 Å². The molecular formula is C34H40Cl4N4O3S. The SMILES string of the molecule is CCN(CC)Cc1ccc(CC(c2cccnc2)N(CCC(N)=O)c2ccc(S(=O)(=O)c3ccc(Cl)c(C)c3Cl)cc2)cc1.Cl.Cl. The Kier molecular flexibility index (Phi) is 15.3. The monoisotopic (exact) mass is 724 g/mol. The average Bonchev–Trinajstić information content (AvgIpc) is 3.03. The summed E-state index contributed by atoms with van der Waals surface area (Å²) in [5.41, 5.74) is 10.2. The number of carbonyl (C=O) groups is 1. The largest absolute Gasteiger partial charge is 0.370 e. The lowest BCUT2D eigenvalue weighted by Crippen LogP contribution is -2.33. The summed E-state index contributed by atoms with van der Waals surface area (Å²) < 4.78 is 27.1. The summed E-state index contributed by atoms with van der Waals surface area (Å²) in [6, 6.07) is 21.9. The first-order valence-electron chi connectivity index (χ1n) is 14.6. The number of aromatic nitrogens is 1. The number of rotatable bonds is 14. The number of nitrogens with zero attached hydrogens (tertiary/aromatic N) is 3. The highest BCUT2D eigenvalue weighted by atomic mass is 35.5. The Morgan fingerprint density at radius 2 is 1.54 bits per heavy atom. The Labute approximate surface area is 294 Å². The molecule has 1 atom stereocenters. The van der Waals surface area contributed by atoms with Gasteiger partial charge in [-0.3, -0.25) is 14.7 Å². The Morgan fingerprint density at radius 1 is 0.913 bits per heavy atom. The van der Waals surface area contributed by atoms with Gasteiger partial charge in [0.25, 0.3) is 0 Å². The topological polar surface area (TPSA) is 96.6 Å². The van der Waals surface area contributed by atoms with Crippen molar-refractivity contribution in [2.75, 3.05) is 24.5 Å². The van der Waals surface area contributed by atoms with Crippen LogP contribution in [0.2, 0.25) is 10.0 Å². The van der Waals surface area contributed by atoms with Crippen LogP contribution in [0.1, 0.15) is 48.6 Å². The Morgan fingerprint density at radius 3 is 2.11 bits per heavy atom. The molecule has 248 valence electrons. The van der Waals surface area contributed by atoms with E-state index in [4.69, 9.17) is 28.9 Å². The van der Waals surface area contributed by atoms with E-state index in [0.717, 1.165) is 36.4 Å². The van der Waals surface area contributed by atoms with Crippen molar-refractivity contribution in [3.05, 3.63) is 117 Å². The smallest absolute Gasteiger partial charge is 0.219 e. The molecule has 4 rings (SSSR count). The first-order valence-corrected chi connectivity index (χ1v) is 16.8. The lowest BCUT2D eigenvalue weighted by molar-refractivity contribution is -0.117. The number of pyridine rings is 1. The molecule has 0 spiro atoms. The summed E-state index contributed by atoms with van der Waals surface area (Å²) >= 11 is 12.5. The Hall–Kier alpha value is -2.85. The van der Waals surface area contributed by atoms with Crippen molar-refractivity contribution in [1.82, 2.24) is 9.88 Å². The molecule has 1 aromatic heterocycles. The van der Waals surface area contributed by atoms with Crippen molar-refractivity contribution in [3.63, 3.8) is 0 Å². The van der Waals surface area contributed by atoms with Crippen molar-refractivity contribution in [2.24, 2.45) is 5.73 Å². The summed E-state index contributed by atoms with van der Waals surface area (Å²) in [5, 5.41) is 0.499. The molecule has 4 aromatic rings. The summed E-state index contributed by atoms with van der Waals surface area (Å²) in [6.45, 7) is 9.20. The van der Waals surface area contributed by atoms with E-state index < -0.39 is 15.7 Å². The van der Waals surface area contributed by atoms with E-state index in [0.29, 0.717) is 23.6 Å². The molecule has 0 aliphatic rings.